The van der Waals surface area contributed by atoms with Gasteiger partial charge in [-0.15, -0.1) is 22.7 Å². The molecule has 0 saturated heterocycles. The minimum atomic E-state index is -0.412. The monoisotopic (exact) mass is 520 g/mol. The Kier molecular flexibility index (Phi) is 7.47. The summed E-state index contributed by atoms with van der Waals surface area (Å²) in [6.45, 7) is 7.86. The molecule has 0 saturated carbocycles. The van der Waals surface area contributed by atoms with Crippen LogP contribution in [0.15, 0.2) is 48.5 Å². The van der Waals surface area contributed by atoms with Crippen LogP contribution in [0.5, 0.6) is 0 Å². The van der Waals surface area contributed by atoms with Crippen molar-refractivity contribution in [2.24, 2.45) is 0 Å². The molecule has 0 fully saturated rings. The summed E-state index contributed by atoms with van der Waals surface area (Å²) < 4.78 is 10.2. The van der Waals surface area contributed by atoms with E-state index >= 15 is 0 Å². The molecule has 8 heteroatoms. The highest BCUT2D eigenvalue weighted by Crippen LogP contribution is 2.48. The maximum absolute atomic E-state index is 12.8. The molecule has 2 aromatic heterocycles. The lowest BCUT2D eigenvalue weighted by molar-refractivity contribution is 0.0592. The molecule has 0 amide bonds. The standard InChI is InChI=1S/C28H28N2O4S2/c1-15-7-11-19(12-8-15)29-25-21(27(31)33-5)17(3)23(35-25)24-18(4)22(28(32)34-6)26(36-24)30-20-13-9-16(2)10-14-20/h7-14,29-30H,1-6H3. The quantitative estimate of drug-likeness (QED) is 0.242. The number of methoxy groups -OCH3 is 2. The number of benzene rings is 2. The van der Waals surface area contributed by atoms with Crippen molar-refractivity contribution >= 4 is 56.0 Å². The normalized spacial score (nSPS) is 10.7. The number of rotatable bonds is 7. The first-order valence-electron chi connectivity index (χ1n) is 11.3. The fourth-order valence-electron chi connectivity index (χ4n) is 3.87. The minimum Gasteiger partial charge on any atom is -0.465 e. The Morgan fingerprint density at radius 1 is 0.611 bits per heavy atom. The first-order valence-corrected chi connectivity index (χ1v) is 13.0. The van der Waals surface area contributed by atoms with Crippen LogP contribution in [0.1, 0.15) is 43.0 Å². The van der Waals surface area contributed by atoms with Gasteiger partial charge in [0.1, 0.15) is 10.0 Å². The van der Waals surface area contributed by atoms with Gasteiger partial charge in [-0.2, -0.15) is 0 Å². The van der Waals surface area contributed by atoms with Gasteiger partial charge in [-0.25, -0.2) is 9.59 Å². The highest BCUT2D eigenvalue weighted by molar-refractivity contribution is 7.26. The average Bonchev–Trinajstić information content (AvgIpc) is 3.36. The van der Waals surface area contributed by atoms with E-state index in [9.17, 15) is 9.59 Å². The number of aryl methyl sites for hydroxylation is 2. The topological polar surface area (TPSA) is 76.7 Å². The summed E-state index contributed by atoms with van der Waals surface area (Å²) in [4.78, 5) is 27.4. The first kappa shape index (κ1) is 25.5. The van der Waals surface area contributed by atoms with E-state index in [0.717, 1.165) is 43.4 Å². The SMILES string of the molecule is COC(=O)c1c(Nc2ccc(C)cc2)sc(-c2sc(Nc3ccc(C)cc3)c(C(=O)OC)c2C)c1C. The molecular weight excluding hydrogens is 492 g/mol. The molecule has 186 valence electrons. The van der Waals surface area contributed by atoms with Gasteiger partial charge in [0.15, 0.2) is 0 Å². The molecule has 6 nitrogen and oxygen atoms in total. The van der Waals surface area contributed by atoms with Gasteiger partial charge >= 0.3 is 11.9 Å². The van der Waals surface area contributed by atoms with Crippen molar-refractivity contribution in [2.75, 3.05) is 24.9 Å². The van der Waals surface area contributed by atoms with E-state index in [4.69, 9.17) is 9.47 Å². The van der Waals surface area contributed by atoms with Gasteiger partial charge in [-0.05, 0) is 63.1 Å². The van der Waals surface area contributed by atoms with E-state index < -0.39 is 11.9 Å². The van der Waals surface area contributed by atoms with Gasteiger partial charge < -0.3 is 20.1 Å². The van der Waals surface area contributed by atoms with E-state index in [1.54, 1.807) is 0 Å². The molecule has 0 aliphatic rings. The van der Waals surface area contributed by atoms with Gasteiger partial charge in [0, 0.05) is 11.4 Å². The third kappa shape index (κ3) is 5.01. The van der Waals surface area contributed by atoms with Crippen LogP contribution in [0.25, 0.3) is 9.75 Å². The Hall–Kier alpha value is -3.62. The average molecular weight is 521 g/mol. The Morgan fingerprint density at radius 2 is 0.944 bits per heavy atom. The zero-order chi connectivity index (χ0) is 26.0. The molecule has 36 heavy (non-hydrogen) atoms. The molecule has 0 bridgehead atoms. The fraction of sp³-hybridized carbons (Fsp3) is 0.214. The molecule has 0 aliphatic carbocycles. The van der Waals surface area contributed by atoms with Crippen LogP contribution in [0.3, 0.4) is 0 Å². The van der Waals surface area contributed by atoms with Gasteiger partial charge in [0.05, 0.1) is 35.1 Å². The van der Waals surface area contributed by atoms with Gasteiger partial charge in [0.2, 0.25) is 0 Å². The molecule has 0 unspecified atom stereocenters. The second kappa shape index (κ2) is 10.6. The van der Waals surface area contributed by atoms with E-state index in [1.165, 1.54) is 36.9 Å². The second-order valence-corrected chi connectivity index (χ2v) is 10.5. The van der Waals surface area contributed by atoms with Crippen LogP contribution in [0, 0.1) is 27.7 Å². The summed E-state index contributed by atoms with van der Waals surface area (Å²) >= 11 is 2.93. The van der Waals surface area contributed by atoms with Crippen LogP contribution >= 0.6 is 22.7 Å². The van der Waals surface area contributed by atoms with Crippen molar-refractivity contribution in [1.29, 1.82) is 0 Å². The molecule has 4 rings (SSSR count). The second-order valence-electron chi connectivity index (χ2n) is 8.49. The first-order chi connectivity index (χ1) is 17.2. The molecule has 2 heterocycles. The van der Waals surface area contributed by atoms with Crippen molar-refractivity contribution in [2.45, 2.75) is 27.7 Å². The summed E-state index contributed by atoms with van der Waals surface area (Å²) in [6, 6.07) is 15.9. The lowest BCUT2D eigenvalue weighted by atomic mass is 10.1. The number of carbonyl (C=O) groups excluding carboxylic acids is 2. The zero-order valence-corrected chi connectivity index (χ0v) is 22.7. The van der Waals surface area contributed by atoms with Crippen LogP contribution in [-0.2, 0) is 9.47 Å². The number of hydrogen-bond acceptors (Lipinski definition) is 8. The number of carbonyl (C=O) groups is 2. The number of anilines is 4. The maximum Gasteiger partial charge on any atom is 0.341 e. The Bertz CT molecular complexity index is 1310. The minimum absolute atomic E-state index is 0.412. The van der Waals surface area contributed by atoms with E-state index in [-0.39, 0.29) is 0 Å². The summed E-state index contributed by atoms with van der Waals surface area (Å²) in [5, 5.41) is 8.15. The Labute approximate surface area is 218 Å². The molecule has 0 aliphatic heterocycles. The number of ether oxygens (including phenoxy) is 2. The smallest absolute Gasteiger partial charge is 0.341 e. The third-order valence-electron chi connectivity index (χ3n) is 5.90. The van der Waals surface area contributed by atoms with Crippen LogP contribution < -0.4 is 10.6 Å². The largest absolute Gasteiger partial charge is 0.465 e. The molecule has 0 spiro atoms. The predicted molar refractivity (Wildman–Crippen MR) is 149 cm³/mol. The highest BCUT2D eigenvalue weighted by Gasteiger charge is 2.28. The van der Waals surface area contributed by atoms with Gasteiger partial charge in [-0.1, -0.05) is 35.4 Å². The Morgan fingerprint density at radius 3 is 1.25 bits per heavy atom. The summed E-state index contributed by atoms with van der Waals surface area (Å²) in [6.07, 6.45) is 0. The van der Waals surface area contributed by atoms with Gasteiger partial charge in [0.25, 0.3) is 0 Å². The van der Waals surface area contributed by atoms with Crippen molar-refractivity contribution in [3.63, 3.8) is 0 Å². The van der Waals surface area contributed by atoms with Crippen molar-refractivity contribution in [1.82, 2.24) is 0 Å². The fourth-order valence-corrected chi connectivity index (χ4v) is 6.54. The molecule has 0 atom stereocenters. The molecular formula is C28H28N2O4S2. The zero-order valence-electron chi connectivity index (χ0n) is 21.1. The van der Waals surface area contributed by atoms with Crippen LogP contribution in [-0.4, -0.2) is 26.2 Å². The van der Waals surface area contributed by atoms with Crippen molar-refractivity contribution in [3.05, 3.63) is 81.9 Å². The van der Waals surface area contributed by atoms with E-state index in [0.29, 0.717) is 21.1 Å². The van der Waals surface area contributed by atoms with E-state index in [1.807, 2.05) is 76.2 Å². The molecule has 4 aromatic rings. The van der Waals surface area contributed by atoms with Crippen LogP contribution in [0.2, 0.25) is 0 Å². The predicted octanol–water partition coefficient (Wildman–Crippen LogP) is 7.77. The highest BCUT2D eigenvalue weighted by atomic mass is 32.1. The molecule has 0 radical (unpaired) electrons. The van der Waals surface area contributed by atoms with Crippen molar-refractivity contribution in [3.8, 4) is 9.75 Å². The summed E-state index contributed by atoms with van der Waals surface area (Å²) in [5.74, 6) is -0.824. The van der Waals surface area contributed by atoms with Crippen LogP contribution in [0.4, 0.5) is 21.4 Å². The molecule has 2 aromatic carbocycles. The third-order valence-corrected chi connectivity index (χ3v) is 8.48. The van der Waals surface area contributed by atoms with Crippen molar-refractivity contribution < 1.29 is 19.1 Å². The summed E-state index contributed by atoms with van der Waals surface area (Å²) in [7, 11) is 2.76. The van der Waals surface area contributed by atoms with E-state index in [2.05, 4.69) is 10.6 Å². The number of nitrogens with one attached hydrogen (secondary N) is 2. The number of thiophene rings is 2. The Balaban J connectivity index is 1.83. The maximum atomic E-state index is 12.8. The lowest BCUT2D eigenvalue weighted by Crippen LogP contribution is -2.05. The number of esters is 2. The number of hydrogen-bond donors (Lipinski definition) is 2. The lowest BCUT2D eigenvalue weighted by Gasteiger charge is -2.07. The summed E-state index contributed by atoms with van der Waals surface area (Å²) in [5.41, 5.74) is 6.60. The van der Waals surface area contributed by atoms with Gasteiger partial charge in [-0.3, -0.25) is 0 Å². The molecule has 2 N–H and O–H groups in total.